The lowest BCUT2D eigenvalue weighted by Gasteiger charge is -2.16. The minimum atomic E-state index is -0.0614. The Bertz CT molecular complexity index is 572. The number of rotatable bonds is 5. The molecule has 0 saturated carbocycles. The number of hydrogen-bond acceptors (Lipinski definition) is 2. The van der Waals surface area contributed by atoms with E-state index in [-0.39, 0.29) is 5.91 Å². The van der Waals surface area contributed by atoms with Gasteiger partial charge in [0, 0.05) is 12.5 Å². The molecule has 3 heteroatoms. The van der Waals surface area contributed by atoms with Crippen LogP contribution in [0.25, 0.3) is 0 Å². The van der Waals surface area contributed by atoms with Crippen LogP contribution in [0.3, 0.4) is 0 Å². The third-order valence-electron chi connectivity index (χ3n) is 3.56. The summed E-state index contributed by atoms with van der Waals surface area (Å²) in [6.07, 6.45) is 0.994. The van der Waals surface area contributed by atoms with Crippen LogP contribution < -0.4 is 5.32 Å². The van der Waals surface area contributed by atoms with Gasteiger partial charge in [0.15, 0.2) is 0 Å². The Balaban J connectivity index is 2.00. The van der Waals surface area contributed by atoms with Crippen molar-refractivity contribution in [1.82, 2.24) is 5.32 Å². The van der Waals surface area contributed by atoms with Gasteiger partial charge in [0.25, 0.3) is 5.91 Å². The molecule has 1 atom stereocenters. The summed E-state index contributed by atoms with van der Waals surface area (Å²) < 4.78 is 5.39. The minimum absolute atomic E-state index is 0.0614. The van der Waals surface area contributed by atoms with E-state index in [9.17, 15) is 4.79 Å². The first-order valence-corrected chi connectivity index (χ1v) is 7.02. The number of furan rings is 1. The lowest BCUT2D eigenvalue weighted by atomic mass is 9.96. The zero-order chi connectivity index (χ0) is 14.5. The molecule has 2 rings (SSSR count). The van der Waals surface area contributed by atoms with Crippen LogP contribution in [0, 0.1) is 13.8 Å². The van der Waals surface area contributed by atoms with E-state index in [1.165, 1.54) is 5.56 Å². The average molecular weight is 271 g/mol. The summed E-state index contributed by atoms with van der Waals surface area (Å²) in [7, 11) is 0. The fourth-order valence-corrected chi connectivity index (χ4v) is 2.39. The highest BCUT2D eigenvalue weighted by Gasteiger charge is 2.15. The largest absolute Gasteiger partial charge is 0.466 e. The summed E-state index contributed by atoms with van der Waals surface area (Å²) in [6, 6.07) is 12.1. The third kappa shape index (κ3) is 3.29. The maximum absolute atomic E-state index is 12.2. The molecule has 0 aliphatic rings. The summed E-state index contributed by atoms with van der Waals surface area (Å²) >= 11 is 0. The van der Waals surface area contributed by atoms with E-state index in [1.54, 1.807) is 6.07 Å². The molecule has 1 aromatic heterocycles. The monoisotopic (exact) mass is 271 g/mol. The number of carbonyl (C=O) groups excluding carboxylic acids is 1. The topological polar surface area (TPSA) is 42.2 Å². The molecule has 0 fully saturated rings. The van der Waals surface area contributed by atoms with Gasteiger partial charge in [0.2, 0.25) is 0 Å². The summed E-state index contributed by atoms with van der Waals surface area (Å²) in [5.41, 5.74) is 1.89. The Labute approximate surface area is 120 Å². The number of nitrogens with one attached hydrogen (secondary N) is 1. The Hall–Kier alpha value is -2.03. The summed E-state index contributed by atoms with van der Waals surface area (Å²) in [5.74, 6) is 1.72. The Morgan fingerprint density at radius 1 is 1.25 bits per heavy atom. The zero-order valence-corrected chi connectivity index (χ0v) is 12.3. The molecule has 1 heterocycles. The summed E-state index contributed by atoms with van der Waals surface area (Å²) in [5, 5.41) is 3.00. The maximum Gasteiger partial charge on any atom is 0.254 e. The van der Waals surface area contributed by atoms with E-state index in [2.05, 4.69) is 24.4 Å². The molecular formula is C17H21NO2. The second-order valence-electron chi connectivity index (χ2n) is 5.05. The van der Waals surface area contributed by atoms with Crippen LogP contribution in [-0.2, 0) is 0 Å². The molecule has 1 aromatic carbocycles. The van der Waals surface area contributed by atoms with Gasteiger partial charge in [-0.25, -0.2) is 0 Å². The van der Waals surface area contributed by atoms with Gasteiger partial charge >= 0.3 is 0 Å². The minimum Gasteiger partial charge on any atom is -0.466 e. The van der Waals surface area contributed by atoms with Gasteiger partial charge in [-0.15, -0.1) is 0 Å². The normalized spacial score (nSPS) is 12.2. The van der Waals surface area contributed by atoms with Crippen molar-refractivity contribution in [3.05, 3.63) is 59.0 Å². The van der Waals surface area contributed by atoms with Crippen molar-refractivity contribution in [2.75, 3.05) is 6.54 Å². The second-order valence-corrected chi connectivity index (χ2v) is 5.05. The fourth-order valence-electron chi connectivity index (χ4n) is 2.39. The van der Waals surface area contributed by atoms with Crippen molar-refractivity contribution in [3.63, 3.8) is 0 Å². The molecule has 0 aliphatic heterocycles. The standard InChI is InChI=1S/C17H21NO2/c1-4-14(15-8-6-5-7-9-15)11-18-17(19)16-10-12(2)20-13(16)3/h5-10,14H,4,11H2,1-3H3,(H,18,19). The molecule has 0 saturated heterocycles. The predicted octanol–water partition coefficient (Wildman–Crippen LogP) is 3.82. The first-order valence-electron chi connectivity index (χ1n) is 7.02. The summed E-state index contributed by atoms with van der Waals surface area (Å²) in [4.78, 5) is 12.2. The molecule has 0 spiro atoms. The summed E-state index contributed by atoms with van der Waals surface area (Å²) in [6.45, 7) is 6.44. The Morgan fingerprint density at radius 3 is 2.50 bits per heavy atom. The van der Waals surface area contributed by atoms with E-state index in [4.69, 9.17) is 4.42 Å². The van der Waals surface area contributed by atoms with Crippen LogP contribution in [0.15, 0.2) is 40.8 Å². The highest BCUT2D eigenvalue weighted by Crippen LogP contribution is 2.19. The smallest absolute Gasteiger partial charge is 0.254 e. The lowest BCUT2D eigenvalue weighted by molar-refractivity contribution is 0.0949. The van der Waals surface area contributed by atoms with E-state index >= 15 is 0 Å². The van der Waals surface area contributed by atoms with Gasteiger partial charge in [-0.05, 0) is 31.9 Å². The average Bonchev–Trinajstić information content (AvgIpc) is 2.79. The molecule has 1 amide bonds. The molecule has 2 aromatic rings. The first-order chi connectivity index (χ1) is 9.61. The SMILES string of the molecule is CCC(CNC(=O)c1cc(C)oc1C)c1ccccc1. The lowest BCUT2D eigenvalue weighted by Crippen LogP contribution is -2.28. The van der Waals surface area contributed by atoms with E-state index in [0.29, 0.717) is 23.8 Å². The van der Waals surface area contributed by atoms with Crippen molar-refractivity contribution in [2.24, 2.45) is 0 Å². The molecule has 0 aliphatic carbocycles. The molecule has 1 unspecified atom stereocenters. The van der Waals surface area contributed by atoms with Gasteiger partial charge in [0.1, 0.15) is 11.5 Å². The van der Waals surface area contributed by atoms with Crippen molar-refractivity contribution in [3.8, 4) is 0 Å². The molecule has 3 nitrogen and oxygen atoms in total. The highest BCUT2D eigenvalue weighted by atomic mass is 16.3. The number of benzene rings is 1. The van der Waals surface area contributed by atoms with Gasteiger partial charge in [-0.1, -0.05) is 37.3 Å². The van der Waals surface area contributed by atoms with E-state index in [0.717, 1.165) is 12.2 Å². The second kappa shape index (κ2) is 6.42. The molecule has 106 valence electrons. The number of hydrogen-bond donors (Lipinski definition) is 1. The molecular weight excluding hydrogens is 250 g/mol. The van der Waals surface area contributed by atoms with Crippen LogP contribution in [0.2, 0.25) is 0 Å². The van der Waals surface area contributed by atoms with Crippen molar-refractivity contribution >= 4 is 5.91 Å². The Morgan fingerprint density at radius 2 is 1.95 bits per heavy atom. The molecule has 0 bridgehead atoms. The van der Waals surface area contributed by atoms with Gasteiger partial charge < -0.3 is 9.73 Å². The molecule has 0 radical (unpaired) electrons. The van der Waals surface area contributed by atoms with Gasteiger partial charge in [-0.2, -0.15) is 0 Å². The van der Waals surface area contributed by atoms with Crippen molar-refractivity contribution in [2.45, 2.75) is 33.1 Å². The van der Waals surface area contributed by atoms with Crippen LogP contribution in [-0.4, -0.2) is 12.5 Å². The van der Waals surface area contributed by atoms with Crippen molar-refractivity contribution < 1.29 is 9.21 Å². The van der Waals surface area contributed by atoms with Crippen molar-refractivity contribution in [1.29, 1.82) is 0 Å². The van der Waals surface area contributed by atoms with Crippen LogP contribution >= 0.6 is 0 Å². The fraction of sp³-hybridized carbons (Fsp3) is 0.353. The van der Waals surface area contributed by atoms with Crippen LogP contribution in [0.1, 0.15) is 46.7 Å². The first kappa shape index (κ1) is 14.4. The van der Waals surface area contributed by atoms with E-state index in [1.807, 2.05) is 32.0 Å². The Kier molecular flexibility index (Phi) is 4.61. The van der Waals surface area contributed by atoms with Gasteiger partial charge in [0.05, 0.1) is 5.56 Å². The maximum atomic E-state index is 12.2. The zero-order valence-electron chi connectivity index (χ0n) is 12.3. The molecule has 20 heavy (non-hydrogen) atoms. The van der Waals surface area contributed by atoms with Gasteiger partial charge in [-0.3, -0.25) is 4.79 Å². The van der Waals surface area contributed by atoms with Crippen LogP contribution in [0.4, 0.5) is 0 Å². The molecule has 1 N–H and O–H groups in total. The highest BCUT2D eigenvalue weighted by molar-refractivity contribution is 5.95. The number of carbonyl (C=O) groups is 1. The number of amides is 1. The van der Waals surface area contributed by atoms with Crippen LogP contribution in [0.5, 0.6) is 0 Å². The third-order valence-corrected chi connectivity index (χ3v) is 3.56. The predicted molar refractivity (Wildman–Crippen MR) is 80.0 cm³/mol. The number of aryl methyl sites for hydroxylation is 2. The quantitative estimate of drug-likeness (QED) is 0.898. The van der Waals surface area contributed by atoms with E-state index < -0.39 is 0 Å².